The summed E-state index contributed by atoms with van der Waals surface area (Å²) in [6.45, 7) is 8.93. The molecular weight excluding hydrogens is 661 g/mol. The van der Waals surface area contributed by atoms with E-state index in [-0.39, 0.29) is 31.1 Å². The second-order valence-corrected chi connectivity index (χ2v) is 16.5. The fourth-order valence-corrected chi connectivity index (χ4v) is 6.98. The molecule has 0 saturated heterocycles. The van der Waals surface area contributed by atoms with E-state index < -0.39 is 6.10 Å². The highest BCUT2D eigenvalue weighted by atomic mass is 16.6. The third-order valence-corrected chi connectivity index (χ3v) is 10.5. The Bertz CT molecular complexity index is 796. The lowest BCUT2D eigenvalue weighted by molar-refractivity contribution is -0.167. The van der Waals surface area contributed by atoms with Crippen molar-refractivity contribution in [3.8, 4) is 0 Å². The van der Waals surface area contributed by atoms with Crippen LogP contribution in [0.25, 0.3) is 0 Å². The van der Waals surface area contributed by atoms with Crippen LogP contribution < -0.4 is 0 Å². The molecule has 0 fully saturated rings. The van der Waals surface area contributed by atoms with E-state index in [1.54, 1.807) is 0 Å². The second kappa shape index (κ2) is 41.6. The largest absolute Gasteiger partial charge is 0.462 e. The van der Waals surface area contributed by atoms with Crippen molar-refractivity contribution >= 4 is 17.9 Å². The number of carbonyl (C=O) groups excluding carboxylic acids is 3. The van der Waals surface area contributed by atoms with Crippen LogP contribution in [0.15, 0.2) is 0 Å². The van der Waals surface area contributed by atoms with Crippen molar-refractivity contribution in [2.75, 3.05) is 13.2 Å². The highest BCUT2D eigenvalue weighted by Gasteiger charge is 2.19. The average Bonchev–Trinajstić information content (AvgIpc) is 3.14. The molecule has 0 aromatic heterocycles. The van der Waals surface area contributed by atoms with Gasteiger partial charge in [0.2, 0.25) is 0 Å². The van der Waals surface area contributed by atoms with E-state index in [4.69, 9.17) is 14.2 Å². The summed E-state index contributed by atoms with van der Waals surface area (Å²) in [5.41, 5.74) is 0. The Morgan fingerprint density at radius 1 is 0.358 bits per heavy atom. The summed E-state index contributed by atoms with van der Waals surface area (Å²) in [5, 5.41) is 0. The Hall–Kier alpha value is -1.59. The molecule has 0 saturated carbocycles. The Labute approximate surface area is 329 Å². The molecule has 0 radical (unpaired) electrons. The molecule has 314 valence electrons. The Morgan fingerprint density at radius 3 is 0.925 bits per heavy atom. The normalized spacial score (nSPS) is 11.9. The van der Waals surface area contributed by atoms with Gasteiger partial charge in [-0.2, -0.15) is 0 Å². The van der Waals surface area contributed by atoms with Crippen molar-refractivity contribution in [1.29, 1.82) is 0 Å². The third kappa shape index (κ3) is 41.4. The van der Waals surface area contributed by atoms with Gasteiger partial charge in [-0.1, -0.05) is 220 Å². The van der Waals surface area contributed by atoms with Crippen LogP contribution in [0, 0.1) is 5.92 Å². The van der Waals surface area contributed by atoms with E-state index in [1.165, 1.54) is 148 Å². The van der Waals surface area contributed by atoms with Gasteiger partial charge in [0.15, 0.2) is 6.10 Å². The zero-order valence-electron chi connectivity index (χ0n) is 36.0. The predicted molar refractivity (Wildman–Crippen MR) is 224 cm³/mol. The smallest absolute Gasteiger partial charge is 0.306 e. The summed E-state index contributed by atoms with van der Waals surface area (Å²) in [6, 6.07) is 0. The number of hydrogen-bond donors (Lipinski definition) is 0. The first-order chi connectivity index (χ1) is 25.9. The van der Waals surface area contributed by atoms with E-state index in [0.717, 1.165) is 70.1 Å². The highest BCUT2D eigenvalue weighted by Crippen LogP contribution is 2.16. The maximum atomic E-state index is 12.5. The molecule has 0 aromatic rings. The molecule has 0 heterocycles. The topological polar surface area (TPSA) is 78.9 Å². The van der Waals surface area contributed by atoms with Crippen molar-refractivity contribution in [2.45, 2.75) is 265 Å². The lowest BCUT2D eigenvalue weighted by Crippen LogP contribution is -2.30. The Balaban J connectivity index is 4.11. The molecule has 0 aliphatic carbocycles. The van der Waals surface area contributed by atoms with Gasteiger partial charge in [0.1, 0.15) is 13.2 Å². The van der Waals surface area contributed by atoms with E-state index in [1.807, 2.05) is 0 Å². The van der Waals surface area contributed by atoms with Gasteiger partial charge < -0.3 is 14.2 Å². The molecule has 0 unspecified atom stereocenters. The molecule has 0 spiro atoms. The summed E-state index contributed by atoms with van der Waals surface area (Å²) in [7, 11) is 0. The average molecular weight is 751 g/mol. The monoisotopic (exact) mass is 751 g/mol. The molecule has 6 heteroatoms. The molecule has 1 atom stereocenters. The number of carbonyl (C=O) groups is 3. The lowest BCUT2D eigenvalue weighted by atomic mass is 10.0. The van der Waals surface area contributed by atoms with E-state index in [2.05, 4.69) is 27.7 Å². The number of unbranched alkanes of at least 4 members (excludes halogenated alkanes) is 29. The summed E-state index contributed by atoms with van der Waals surface area (Å²) in [6.07, 6.45) is 41.2. The van der Waals surface area contributed by atoms with Gasteiger partial charge in [-0.25, -0.2) is 0 Å². The first-order valence-electron chi connectivity index (χ1n) is 23.4. The molecule has 0 aliphatic heterocycles. The van der Waals surface area contributed by atoms with Gasteiger partial charge in [-0.05, 0) is 25.2 Å². The number of hydrogen-bond acceptors (Lipinski definition) is 6. The van der Waals surface area contributed by atoms with Crippen molar-refractivity contribution in [1.82, 2.24) is 0 Å². The summed E-state index contributed by atoms with van der Waals surface area (Å²) >= 11 is 0. The zero-order valence-corrected chi connectivity index (χ0v) is 36.0. The summed E-state index contributed by atoms with van der Waals surface area (Å²) in [4.78, 5) is 37.5. The van der Waals surface area contributed by atoms with Gasteiger partial charge in [0, 0.05) is 19.3 Å². The Morgan fingerprint density at radius 2 is 0.623 bits per heavy atom. The molecule has 0 aromatic carbocycles. The number of rotatable bonds is 42. The lowest BCUT2D eigenvalue weighted by Gasteiger charge is -2.18. The minimum Gasteiger partial charge on any atom is -0.462 e. The van der Waals surface area contributed by atoms with Gasteiger partial charge in [-0.15, -0.1) is 0 Å². The van der Waals surface area contributed by atoms with Crippen LogP contribution in [-0.2, 0) is 28.6 Å². The van der Waals surface area contributed by atoms with Crippen LogP contribution in [0.3, 0.4) is 0 Å². The summed E-state index contributed by atoms with van der Waals surface area (Å²) < 4.78 is 16.6. The minimum atomic E-state index is -0.757. The highest BCUT2D eigenvalue weighted by molar-refractivity contribution is 5.71. The van der Waals surface area contributed by atoms with Crippen LogP contribution in [-0.4, -0.2) is 37.2 Å². The molecule has 53 heavy (non-hydrogen) atoms. The van der Waals surface area contributed by atoms with Gasteiger partial charge in [0.05, 0.1) is 0 Å². The fraction of sp³-hybridized carbons (Fsp3) is 0.936. The van der Waals surface area contributed by atoms with Gasteiger partial charge in [-0.3, -0.25) is 14.4 Å². The van der Waals surface area contributed by atoms with Crippen molar-refractivity contribution < 1.29 is 28.6 Å². The van der Waals surface area contributed by atoms with Crippen molar-refractivity contribution in [2.24, 2.45) is 5.92 Å². The van der Waals surface area contributed by atoms with Crippen molar-refractivity contribution in [3.63, 3.8) is 0 Å². The molecule has 0 bridgehead atoms. The maximum Gasteiger partial charge on any atom is 0.306 e. The van der Waals surface area contributed by atoms with E-state index in [9.17, 15) is 14.4 Å². The van der Waals surface area contributed by atoms with Crippen molar-refractivity contribution in [3.05, 3.63) is 0 Å². The standard InChI is InChI=1S/C47H90O6/c1-5-7-9-11-12-13-14-15-16-17-21-24-27-31-34-38-45(48)51-41-44(53-47(50)40-36-29-10-8-6-2)42-52-46(49)39-35-32-28-25-22-19-18-20-23-26-30-33-37-43(3)4/h43-44H,5-42H2,1-4H3/t44-/m0/s1. The predicted octanol–water partition coefficient (Wildman–Crippen LogP) is 14.7. The number of ether oxygens (including phenoxy) is 3. The first-order valence-corrected chi connectivity index (χ1v) is 23.4. The maximum absolute atomic E-state index is 12.5. The second-order valence-electron chi connectivity index (χ2n) is 16.5. The molecule has 0 amide bonds. The first kappa shape index (κ1) is 51.4. The van der Waals surface area contributed by atoms with Gasteiger partial charge in [0.25, 0.3) is 0 Å². The van der Waals surface area contributed by atoms with Gasteiger partial charge >= 0.3 is 17.9 Å². The Kier molecular flexibility index (Phi) is 40.3. The third-order valence-electron chi connectivity index (χ3n) is 10.5. The molecule has 6 nitrogen and oxygen atoms in total. The van der Waals surface area contributed by atoms with E-state index >= 15 is 0 Å². The fourth-order valence-electron chi connectivity index (χ4n) is 6.98. The number of esters is 3. The van der Waals surface area contributed by atoms with Crippen LogP contribution >= 0.6 is 0 Å². The molecule has 0 N–H and O–H groups in total. The SMILES string of the molecule is CCCCCCCCCCCCCCCCCC(=O)OC[C@@H](COC(=O)CCCCCCCCCCCCCCC(C)C)OC(=O)CCCCCCC. The van der Waals surface area contributed by atoms with Crippen LogP contribution in [0.2, 0.25) is 0 Å². The molecule has 0 aliphatic rings. The zero-order chi connectivity index (χ0) is 38.9. The van der Waals surface area contributed by atoms with Crippen LogP contribution in [0.5, 0.6) is 0 Å². The van der Waals surface area contributed by atoms with Crippen LogP contribution in [0.4, 0.5) is 0 Å². The minimum absolute atomic E-state index is 0.0649. The molecular formula is C47H90O6. The quantitative estimate of drug-likeness (QED) is 0.0351. The van der Waals surface area contributed by atoms with E-state index in [0.29, 0.717) is 19.3 Å². The van der Waals surface area contributed by atoms with Crippen LogP contribution in [0.1, 0.15) is 259 Å². The molecule has 0 rings (SSSR count). The summed E-state index contributed by atoms with van der Waals surface area (Å²) in [5.74, 6) is -0.0325.